The summed E-state index contributed by atoms with van der Waals surface area (Å²) >= 11 is 12.0. The van der Waals surface area contributed by atoms with Crippen LogP contribution in [-0.2, 0) is 0 Å². The molecule has 0 unspecified atom stereocenters. The maximum Gasteiger partial charge on any atom is 1.00 e. The Balaban J connectivity index is -0.000000418. The van der Waals surface area contributed by atoms with E-state index in [9.17, 15) is 19.8 Å². The van der Waals surface area contributed by atoms with Gasteiger partial charge in [0.05, 0.1) is 10.9 Å². The number of ketones is 1. The van der Waals surface area contributed by atoms with E-state index in [0.29, 0.717) is 33.6 Å². The zero-order chi connectivity index (χ0) is 24.9. The Bertz CT molecular complexity index is 1110. The second kappa shape index (κ2) is 19.5. The molecule has 0 spiro atoms. The summed E-state index contributed by atoms with van der Waals surface area (Å²) in [6, 6.07) is 13.7. The molecule has 0 bridgehead atoms. The Labute approximate surface area is 260 Å². The van der Waals surface area contributed by atoms with Crippen molar-refractivity contribution in [1.29, 1.82) is 0 Å². The normalized spacial score (nSPS) is 9.15. The van der Waals surface area contributed by atoms with E-state index in [-0.39, 0.29) is 75.8 Å². The third kappa shape index (κ3) is 15.3. The number of fused-ring (bicyclic) bond motifs is 1. The first-order valence-electron chi connectivity index (χ1n) is 9.59. The molecular formula is C25H31KO5S3. The van der Waals surface area contributed by atoms with Gasteiger partial charge in [-0.1, -0.05) is 59.4 Å². The predicted molar refractivity (Wildman–Crippen MR) is 144 cm³/mol. The largest absolute Gasteiger partial charge is 1.00 e. The number of phenols is 1. The van der Waals surface area contributed by atoms with Crippen molar-refractivity contribution in [3.8, 4) is 5.75 Å². The number of hydrogen-bond donors (Lipinski definition) is 2. The fourth-order valence-corrected chi connectivity index (χ4v) is 2.32. The number of phenolic OH excluding ortho intramolecular Hbond substituents is 1. The number of aromatic hydroxyl groups is 1. The second-order valence-corrected chi connectivity index (χ2v) is 8.42. The van der Waals surface area contributed by atoms with Crippen molar-refractivity contribution < 1.29 is 70.8 Å². The van der Waals surface area contributed by atoms with Crippen molar-refractivity contribution in [1.82, 2.24) is 0 Å². The molecule has 2 aromatic carbocycles. The summed E-state index contributed by atoms with van der Waals surface area (Å²) in [6.07, 6.45) is 0.428. The van der Waals surface area contributed by atoms with Gasteiger partial charge in [-0.05, 0) is 55.6 Å². The third-order valence-electron chi connectivity index (χ3n) is 3.53. The minimum atomic E-state index is -0.750. The number of benzene rings is 2. The van der Waals surface area contributed by atoms with Gasteiger partial charge in [0.2, 0.25) is 0 Å². The van der Waals surface area contributed by atoms with Crippen molar-refractivity contribution in [2.45, 2.75) is 59.2 Å². The van der Waals surface area contributed by atoms with Gasteiger partial charge in [0, 0.05) is 16.3 Å². The topological polar surface area (TPSA) is 90.6 Å². The van der Waals surface area contributed by atoms with Crippen molar-refractivity contribution in [3.63, 3.8) is 0 Å². The summed E-state index contributed by atoms with van der Waals surface area (Å²) in [4.78, 5) is 22.7. The zero-order valence-electron chi connectivity index (χ0n) is 19.7. The van der Waals surface area contributed by atoms with Gasteiger partial charge >= 0.3 is 51.4 Å². The molecule has 5 nitrogen and oxygen atoms in total. The number of rotatable bonds is 2. The molecule has 180 valence electrons. The number of Topliss-reactive ketones (excluding diaryl/α,β-unsaturated/α-hetero) is 1. The van der Waals surface area contributed by atoms with Gasteiger partial charge < -0.3 is 14.6 Å². The summed E-state index contributed by atoms with van der Waals surface area (Å²) < 4.78 is 7.25. The number of carbonyl (C=O) groups excluding carboxylic acids is 1. The SMILES string of the molecule is C.CC(C)(C)[O-].CCC(=O)c1ccccc1O.Cc1c(S)oc2ccccc2c1=O.S=C=S.[K+]. The first kappa shape index (κ1) is 37.8. The summed E-state index contributed by atoms with van der Waals surface area (Å²) in [6.45, 7) is 8.38. The van der Waals surface area contributed by atoms with Crippen LogP contribution in [0.5, 0.6) is 5.75 Å². The zero-order valence-corrected chi connectivity index (χ0v) is 25.3. The molecule has 3 aromatic rings. The fourth-order valence-electron chi connectivity index (χ4n) is 2.12. The summed E-state index contributed by atoms with van der Waals surface area (Å²) in [5.74, 6) is 0.0439. The first-order chi connectivity index (χ1) is 14.9. The number of thiol groups is 1. The predicted octanol–water partition coefficient (Wildman–Crippen LogP) is 3.18. The van der Waals surface area contributed by atoms with E-state index in [0.717, 1.165) is 0 Å². The van der Waals surface area contributed by atoms with Gasteiger partial charge in [-0.2, -0.15) is 0 Å². The Hall–Kier alpha value is -0.714. The van der Waals surface area contributed by atoms with E-state index < -0.39 is 5.60 Å². The van der Waals surface area contributed by atoms with E-state index in [4.69, 9.17) is 4.42 Å². The Morgan fingerprint density at radius 1 is 1.12 bits per heavy atom. The van der Waals surface area contributed by atoms with Gasteiger partial charge in [0.15, 0.2) is 16.3 Å². The van der Waals surface area contributed by atoms with Gasteiger partial charge in [-0.3, -0.25) is 9.59 Å². The Kier molecular flexibility index (Phi) is 21.7. The van der Waals surface area contributed by atoms with Gasteiger partial charge in [0.1, 0.15) is 11.3 Å². The first-order valence-corrected chi connectivity index (χ1v) is 10.9. The van der Waals surface area contributed by atoms with Gasteiger partial charge in [0.25, 0.3) is 0 Å². The molecule has 0 amide bonds. The fraction of sp³-hybridized carbons (Fsp3) is 0.320. The summed E-state index contributed by atoms with van der Waals surface area (Å²) in [5.41, 5.74) is 0.798. The van der Waals surface area contributed by atoms with Crippen LogP contribution in [0.2, 0.25) is 0 Å². The standard InChI is InChI=1S/C10H8O2S.C9H10O2.C4H9O.CS2.CH4.K/c1-6-9(11)7-4-2-3-5-8(7)12-10(6)13;1-2-8(10)7-5-3-4-6-9(7)11;1-4(2,3)5;2-1-3;;/h2-5,13H,1H3;3-6,11H,2H2,1H3;1-3H3;;1H4;/q;;-1;;;+1. The summed E-state index contributed by atoms with van der Waals surface area (Å²) in [5, 5.41) is 20.3. The minimum absolute atomic E-state index is 0. The van der Waals surface area contributed by atoms with E-state index in [2.05, 4.69) is 37.1 Å². The third-order valence-corrected chi connectivity index (χ3v) is 3.95. The number of thiocarbonyl (C=S) groups is 2. The molecule has 3 rings (SSSR count). The molecule has 34 heavy (non-hydrogen) atoms. The number of hydrogen-bond acceptors (Lipinski definition) is 8. The van der Waals surface area contributed by atoms with Crippen LogP contribution in [0.25, 0.3) is 11.0 Å². The van der Waals surface area contributed by atoms with Crippen LogP contribution < -0.4 is 61.9 Å². The Morgan fingerprint density at radius 3 is 2.03 bits per heavy atom. The van der Waals surface area contributed by atoms with E-state index in [1.54, 1.807) is 65.0 Å². The average Bonchev–Trinajstić information content (AvgIpc) is 2.72. The van der Waals surface area contributed by atoms with Crippen molar-refractivity contribution >= 4 is 58.1 Å². The maximum absolute atomic E-state index is 11.6. The molecular weight excluding hydrogens is 516 g/mol. The van der Waals surface area contributed by atoms with Gasteiger partial charge in [-0.25, -0.2) is 0 Å². The van der Waals surface area contributed by atoms with E-state index >= 15 is 0 Å². The monoisotopic (exact) mass is 546 g/mol. The van der Waals surface area contributed by atoms with Crippen molar-refractivity contribution in [3.05, 3.63) is 69.9 Å². The smallest absolute Gasteiger partial charge is 0.850 e. The molecule has 0 radical (unpaired) electrons. The van der Waals surface area contributed by atoms with Crippen LogP contribution in [0, 0.1) is 6.92 Å². The Morgan fingerprint density at radius 2 is 1.56 bits per heavy atom. The van der Waals surface area contributed by atoms with Crippen LogP contribution in [-0.4, -0.2) is 20.8 Å². The van der Waals surface area contributed by atoms with Crippen LogP contribution in [0.3, 0.4) is 0 Å². The molecule has 0 saturated heterocycles. The maximum atomic E-state index is 11.6. The van der Waals surface area contributed by atoms with Crippen LogP contribution >= 0.6 is 37.1 Å². The quantitative estimate of drug-likeness (QED) is 0.221. The molecule has 1 heterocycles. The molecule has 9 heteroatoms. The van der Waals surface area contributed by atoms with Gasteiger partial charge in [-0.15, -0.1) is 18.2 Å². The number of para-hydroxylation sites is 2. The number of carbonyl (C=O) groups is 1. The second-order valence-electron chi connectivity index (χ2n) is 7.35. The van der Waals surface area contributed by atoms with Crippen molar-refractivity contribution in [2.75, 3.05) is 0 Å². The summed E-state index contributed by atoms with van der Waals surface area (Å²) in [7, 11) is 0. The van der Waals surface area contributed by atoms with Crippen LogP contribution in [0.15, 0.2) is 62.8 Å². The van der Waals surface area contributed by atoms with E-state index in [1.165, 1.54) is 6.07 Å². The minimum Gasteiger partial charge on any atom is -0.850 e. The molecule has 1 aromatic heterocycles. The molecule has 0 aliphatic rings. The molecule has 0 aliphatic carbocycles. The van der Waals surface area contributed by atoms with Crippen LogP contribution in [0.4, 0.5) is 0 Å². The van der Waals surface area contributed by atoms with Crippen molar-refractivity contribution in [2.24, 2.45) is 0 Å². The molecule has 1 N–H and O–H groups in total. The molecule has 0 fully saturated rings. The van der Waals surface area contributed by atoms with Crippen LogP contribution in [0.1, 0.15) is 57.5 Å². The molecule has 0 atom stereocenters. The van der Waals surface area contributed by atoms with E-state index in [1.807, 2.05) is 16.4 Å². The average molecular weight is 547 g/mol. The molecule has 0 aliphatic heterocycles. The molecule has 0 saturated carbocycles.